The zero-order valence-electron chi connectivity index (χ0n) is 10.6. The maximum absolute atomic E-state index is 2.36. The molecule has 0 aliphatic heterocycles. The van der Waals surface area contributed by atoms with Crippen molar-refractivity contribution in [2.24, 2.45) is 0 Å². The smallest absolute Gasteiger partial charge is 0.0782 e. The van der Waals surface area contributed by atoms with E-state index in [1.807, 2.05) is 0 Å². The fraction of sp³-hybridized carbons (Fsp3) is 1.00. The third kappa shape index (κ3) is 10.0. The van der Waals surface area contributed by atoms with Gasteiger partial charge in [-0.2, -0.15) is 0 Å². The van der Waals surface area contributed by atoms with Crippen LogP contribution in [-0.2, 0) is 0 Å². The molecule has 14 heavy (non-hydrogen) atoms. The van der Waals surface area contributed by atoms with Crippen molar-refractivity contribution in [2.75, 3.05) is 27.2 Å². The number of quaternary nitrogens is 1. The first kappa shape index (κ1) is 16.4. The average molecular weight is 203 g/mol. The largest absolute Gasteiger partial charge is 0.870 e. The Hall–Kier alpha value is -0.0800. The second kappa shape index (κ2) is 9.47. The summed E-state index contributed by atoms with van der Waals surface area (Å²) in [5.41, 5.74) is 0. The fourth-order valence-electron chi connectivity index (χ4n) is 1.66. The number of nitrogens with zero attached hydrogens (tertiary/aromatic N) is 1. The Morgan fingerprint density at radius 1 is 0.714 bits per heavy atom. The van der Waals surface area contributed by atoms with Crippen molar-refractivity contribution in [2.45, 2.75) is 52.4 Å². The Labute approximate surface area is 90.2 Å². The van der Waals surface area contributed by atoms with Crippen LogP contribution >= 0.6 is 0 Å². The fourth-order valence-corrected chi connectivity index (χ4v) is 1.66. The third-order valence-corrected chi connectivity index (χ3v) is 2.73. The van der Waals surface area contributed by atoms with Gasteiger partial charge in [-0.25, -0.2) is 0 Å². The minimum Gasteiger partial charge on any atom is -0.870 e. The monoisotopic (exact) mass is 203 g/mol. The van der Waals surface area contributed by atoms with Crippen LogP contribution in [0.4, 0.5) is 0 Å². The van der Waals surface area contributed by atoms with Crippen LogP contribution < -0.4 is 0 Å². The minimum absolute atomic E-state index is 0. The van der Waals surface area contributed by atoms with Gasteiger partial charge in [-0.05, 0) is 19.3 Å². The molecule has 0 saturated heterocycles. The molecule has 0 spiro atoms. The lowest BCUT2D eigenvalue weighted by molar-refractivity contribution is -0.890. The molecule has 0 amide bonds. The summed E-state index contributed by atoms with van der Waals surface area (Å²) in [5.74, 6) is 0. The normalized spacial score (nSPS) is 11.1. The van der Waals surface area contributed by atoms with Crippen LogP contribution in [0.3, 0.4) is 0 Å². The summed E-state index contributed by atoms with van der Waals surface area (Å²) in [5, 5.41) is 0. The Balaban J connectivity index is 0. The highest BCUT2D eigenvalue weighted by atomic mass is 16.0. The molecule has 0 rings (SSSR count). The highest BCUT2D eigenvalue weighted by molar-refractivity contribution is 4.41. The van der Waals surface area contributed by atoms with Gasteiger partial charge in [0, 0.05) is 0 Å². The minimum atomic E-state index is 0. The molecule has 0 aromatic heterocycles. The molecule has 0 saturated carbocycles. The summed E-state index contributed by atoms with van der Waals surface area (Å²) in [7, 11) is 4.73. The van der Waals surface area contributed by atoms with E-state index in [0.717, 1.165) is 0 Å². The third-order valence-electron chi connectivity index (χ3n) is 2.73. The number of hydrogen-bond donors (Lipinski definition) is 0. The van der Waals surface area contributed by atoms with E-state index in [0.29, 0.717) is 0 Å². The summed E-state index contributed by atoms with van der Waals surface area (Å²) >= 11 is 0. The molecule has 0 unspecified atom stereocenters. The van der Waals surface area contributed by atoms with Crippen LogP contribution in [0.2, 0.25) is 0 Å². The first-order chi connectivity index (χ1) is 6.12. The Bertz CT molecular complexity index is 113. The van der Waals surface area contributed by atoms with Gasteiger partial charge < -0.3 is 9.96 Å². The number of rotatable bonds is 8. The topological polar surface area (TPSA) is 30.0 Å². The van der Waals surface area contributed by atoms with Gasteiger partial charge in [0.15, 0.2) is 0 Å². The number of hydrogen-bond acceptors (Lipinski definition) is 1. The molecule has 0 radical (unpaired) electrons. The standard InChI is InChI=1S/C12H28N.H2O/c1-5-7-9-10-12-13(3,4)11-8-6-2;/h5-12H2,1-4H3;1H2/q+1;/p-1. The predicted molar refractivity (Wildman–Crippen MR) is 62.8 cm³/mol. The maximum atomic E-state index is 2.36. The lowest BCUT2D eigenvalue weighted by atomic mass is 10.2. The zero-order valence-corrected chi connectivity index (χ0v) is 10.6. The van der Waals surface area contributed by atoms with Crippen LogP contribution in [0.25, 0.3) is 0 Å². The maximum Gasteiger partial charge on any atom is 0.0782 e. The molecule has 0 aromatic rings. The van der Waals surface area contributed by atoms with E-state index < -0.39 is 0 Å². The molecule has 88 valence electrons. The Morgan fingerprint density at radius 3 is 1.71 bits per heavy atom. The van der Waals surface area contributed by atoms with E-state index in [4.69, 9.17) is 0 Å². The van der Waals surface area contributed by atoms with Crippen molar-refractivity contribution in [1.29, 1.82) is 0 Å². The van der Waals surface area contributed by atoms with E-state index in [1.54, 1.807) is 0 Å². The first-order valence-corrected chi connectivity index (χ1v) is 5.94. The van der Waals surface area contributed by atoms with Crippen LogP contribution in [0.5, 0.6) is 0 Å². The van der Waals surface area contributed by atoms with E-state index in [9.17, 15) is 0 Å². The highest BCUT2D eigenvalue weighted by Crippen LogP contribution is 2.06. The number of unbranched alkanes of at least 4 members (excludes halogenated alkanes) is 4. The Morgan fingerprint density at radius 2 is 1.21 bits per heavy atom. The average Bonchev–Trinajstić information content (AvgIpc) is 2.09. The second-order valence-corrected chi connectivity index (χ2v) is 4.80. The summed E-state index contributed by atoms with van der Waals surface area (Å²) in [4.78, 5) is 0. The van der Waals surface area contributed by atoms with E-state index >= 15 is 0 Å². The molecule has 0 atom stereocenters. The molecule has 2 heteroatoms. The van der Waals surface area contributed by atoms with Gasteiger partial charge in [0.1, 0.15) is 0 Å². The summed E-state index contributed by atoms with van der Waals surface area (Å²) in [6.07, 6.45) is 8.29. The van der Waals surface area contributed by atoms with Crippen molar-refractivity contribution in [3.05, 3.63) is 0 Å². The van der Waals surface area contributed by atoms with Gasteiger partial charge in [-0.3, -0.25) is 0 Å². The lowest BCUT2D eigenvalue weighted by Crippen LogP contribution is -2.41. The second-order valence-electron chi connectivity index (χ2n) is 4.80. The molecule has 2 nitrogen and oxygen atoms in total. The van der Waals surface area contributed by atoms with Gasteiger partial charge in [-0.1, -0.05) is 33.1 Å². The van der Waals surface area contributed by atoms with Gasteiger partial charge in [0.25, 0.3) is 0 Å². The van der Waals surface area contributed by atoms with Crippen LogP contribution in [-0.4, -0.2) is 37.1 Å². The van der Waals surface area contributed by atoms with Gasteiger partial charge >= 0.3 is 0 Å². The molecular weight excluding hydrogens is 174 g/mol. The van der Waals surface area contributed by atoms with Crippen molar-refractivity contribution in [3.63, 3.8) is 0 Å². The van der Waals surface area contributed by atoms with Crippen molar-refractivity contribution < 1.29 is 9.96 Å². The van der Waals surface area contributed by atoms with Gasteiger partial charge in [-0.15, -0.1) is 0 Å². The van der Waals surface area contributed by atoms with E-state index in [1.165, 1.54) is 56.1 Å². The highest BCUT2D eigenvalue weighted by Gasteiger charge is 2.12. The van der Waals surface area contributed by atoms with Crippen molar-refractivity contribution in [3.8, 4) is 0 Å². The summed E-state index contributed by atoms with van der Waals surface area (Å²) < 4.78 is 1.22. The molecule has 0 aromatic carbocycles. The molecule has 0 aliphatic rings. The molecule has 0 heterocycles. The molecule has 0 aliphatic carbocycles. The molecule has 0 bridgehead atoms. The van der Waals surface area contributed by atoms with Crippen LogP contribution in [0, 0.1) is 0 Å². The zero-order chi connectivity index (χ0) is 10.2. The SMILES string of the molecule is CCCCCC[N+](C)(C)CCCC.[OH-]. The van der Waals surface area contributed by atoms with Crippen molar-refractivity contribution >= 4 is 0 Å². The summed E-state index contributed by atoms with van der Waals surface area (Å²) in [6, 6.07) is 0. The lowest BCUT2D eigenvalue weighted by Gasteiger charge is -2.29. The predicted octanol–water partition coefficient (Wildman–Crippen LogP) is 3.27. The molecule has 1 N–H and O–H groups in total. The van der Waals surface area contributed by atoms with Crippen LogP contribution in [0.1, 0.15) is 52.4 Å². The Kier molecular flexibility index (Phi) is 11.1. The first-order valence-electron chi connectivity index (χ1n) is 5.94. The van der Waals surface area contributed by atoms with Crippen LogP contribution in [0.15, 0.2) is 0 Å². The van der Waals surface area contributed by atoms with Gasteiger partial charge in [0.2, 0.25) is 0 Å². The van der Waals surface area contributed by atoms with Crippen molar-refractivity contribution in [1.82, 2.24) is 0 Å². The quantitative estimate of drug-likeness (QED) is 0.440. The van der Waals surface area contributed by atoms with E-state index in [-0.39, 0.29) is 5.48 Å². The van der Waals surface area contributed by atoms with Gasteiger partial charge in [0.05, 0.1) is 27.2 Å². The van der Waals surface area contributed by atoms with E-state index in [2.05, 4.69) is 27.9 Å². The summed E-state index contributed by atoms with van der Waals surface area (Å²) in [6.45, 7) is 7.26. The molecule has 0 fully saturated rings. The molecular formula is C12H29NO.